The first kappa shape index (κ1) is 13.3. The van der Waals surface area contributed by atoms with Gasteiger partial charge in [-0.15, -0.1) is 0 Å². The van der Waals surface area contributed by atoms with E-state index in [0.29, 0.717) is 12.8 Å². The second kappa shape index (κ2) is 4.84. The molecule has 0 saturated carbocycles. The SMILES string of the molecule is Cc1cc(CC(=O)C2CCCCS2(=O)=O)n(C)n1. The molecule has 0 bridgehead atoms. The number of hydrogen-bond donors (Lipinski definition) is 0. The van der Waals surface area contributed by atoms with Gasteiger partial charge in [0, 0.05) is 19.2 Å². The Morgan fingerprint density at radius 1 is 1.50 bits per heavy atom. The summed E-state index contributed by atoms with van der Waals surface area (Å²) in [6.45, 7) is 1.85. The Bertz CT molecular complexity index is 560. The van der Waals surface area contributed by atoms with Crippen LogP contribution < -0.4 is 0 Å². The van der Waals surface area contributed by atoms with E-state index >= 15 is 0 Å². The number of hydrogen-bond acceptors (Lipinski definition) is 4. The summed E-state index contributed by atoms with van der Waals surface area (Å²) in [6, 6.07) is 1.83. The van der Waals surface area contributed by atoms with E-state index in [1.165, 1.54) is 0 Å². The molecule has 6 heteroatoms. The molecule has 1 aromatic heterocycles. The topological polar surface area (TPSA) is 69.0 Å². The highest BCUT2D eigenvalue weighted by Crippen LogP contribution is 2.21. The lowest BCUT2D eigenvalue weighted by molar-refractivity contribution is -0.118. The minimum Gasteiger partial charge on any atom is -0.298 e. The Kier molecular flexibility index (Phi) is 3.56. The fourth-order valence-electron chi connectivity index (χ4n) is 2.44. The molecule has 0 amide bonds. The van der Waals surface area contributed by atoms with Crippen molar-refractivity contribution in [1.29, 1.82) is 0 Å². The molecule has 1 atom stereocenters. The van der Waals surface area contributed by atoms with Crippen LogP contribution in [0.2, 0.25) is 0 Å². The monoisotopic (exact) mass is 270 g/mol. The lowest BCUT2D eigenvalue weighted by atomic mass is 10.1. The Hall–Kier alpha value is -1.17. The van der Waals surface area contributed by atoms with E-state index < -0.39 is 15.1 Å². The average molecular weight is 270 g/mol. The van der Waals surface area contributed by atoms with Gasteiger partial charge >= 0.3 is 0 Å². The third kappa shape index (κ3) is 2.63. The molecule has 0 radical (unpaired) electrons. The number of rotatable bonds is 3. The first-order chi connectivity index (χ1) is 8.40. The Morgan fingerprint density at radius 3 is 2.78 bits per heavy atom. The summed E-state index contributed by atoms with van der Waals surface area (Å²) in [5, 5.41) is 3.36. The molecule has 1 aliphatic rings. The van der Waals surface area contributed by atoms with Crippen LogP contribution in [0.15, 0.2) is 6.07 Å². The number of aryl methyl sites for hydroxylation is 2. The Balaban J connectivity index is 2.15. The van der Waals surface area contributed by atoms with Crippen LogP contribution in [-0.4, -0.2) is 35.0 Å². The van der Waals surface area contributed by atoms with Gasteiger partial charge in [0.15, 0.2) is 15.6 Å². The first-order valence-corrected chi connectivity index (χ1v) is 7.85. The first-order valence-electron chi connectivity index (χ1n) is 6.14. The summed E-state index contributed by atoms with van der Waals surface area (Å²) >= 11 is 0. The summed E-state index contributed by atoms with van der Waals surface area (Å²) in [4.78, 5) is 12.1. The highest BCUT2D eigenvalue weighted by atomic mass is 32.2. The molecule has 1 aromatic rings. The lowest BCUT2D eigenvalue weighted by Crippen LogP contribution is -2.36. The van der Waals surface area contributed by atoms with Crippen molar-refractivity contribution in [2.75, 3.05) is 5.75 Å². The zero-order valence-corrected chi connectivity index (χ0v) is 11.5. The quantitative estimate of drug-likeness (QED) is 0.815. The summed E-state index contributed by atoms with van der Waals surface area (Å²) in [6.07, 6.45) is 2.12. The zero-order valence-electron chi connectivity index (χ0n) is 10.7. The third-order valence-corrected chi connectivity index (χ3v) is 5.62. The van der Waals surface area contributed by atoms with Crippen molar-refractivity contribution in [3.8, 4) is 0 Å². The smallest absolute Gasteiger partial charge is 0.160 e. The predicted molar refractivity (Wildman–Crippen MR) is 68.1 cm³/mol. The predicted octanol–water partition coefficient (Wildman–Crippen LogP) is 0.807. The third-order valence-electron chi connectivity index (χ3n) is 3.39. The van der Waals surface area contributed by atoms with Crippen LogP contribution in [0.25, 0.3) is 0 Å². The molecule has 1 aliphatic heterocycles. The minimum atomic E-state index is -3.23. The van der Waals surface area contributed by atoms with Crippen LogP contribution in [0.4, 0.5) is 0 Å². The Labute approximate surface area is 107 Å². The molecule has 2 rings (SSSR count). The standard InChI is InChI=1S/C12H18N2O3S/c1-9-7-10(14(2)13-9)8-11(15)12-5-3-4-6-18(12,16)17/h7,12H,3-6,8H2,1-2H3. The van der Waals surface area contributed by atoms with E-state index in [0.717, 1.165) is 17.8 Å². The summed E-state index contributed by atoms with van der Waals surface area (Å²) in [5.41, 5.74) is 1.62. The molecule has 18 heavy (non-hydrogen) atoms. The number of carbonyl (C=O) groups is 1. The maximum atomic E-state index is 12.1. The molecule has 0 aromatic carbocycles. The van der Waals surface area contributed by atoms with Gasteiger partial charge in [-0.1, -0.05) is 6.42 Å². The van der Waals surface area contributed by atoms with Crippen LogP contribution in [0.1, 0.15) is 30.7 Å². The average Bonchev–Trinajstić information content (AvgIpc) is 2.56. The maximum Gasteiger partial charge on any atom is 0.160 e. The number of ketones is 1. The van der Waals surface area contributed by atoms with Gasteiger partial charge in [-0.25, -0.2) is 8.42 Å². The second-order valence-electron chi connectivity index (χ2n) is 4.90. The molecule has 0 spiro atoms. The van der Waals surface area contributed by atoms with Crippen LogP contribution >= 0.6 is 0 Å². The van der Waals surface area contributed by atoms with E-state index in [4.69, 9.17) is 0 Å². The molecule has 100 valence electrons. The molecular formula is C12H18N2O3S. The van der Waals surface area contributed by atoms with Crippen molar-refractivity contribution in [2.24, 2.45) is 7.05 Å². The molecular weight excluding hydrogens is 252 g/mol. The van der Waals surface area contributed by atoms with E-state index in [1.807, 2.05) is 13.0 Å². The molecule has 0 N–H and O–H groups in total. The van der Waals surface area contributed by atoms with E-state index in [-0.39, 0.29) is 18.0 Å². The van der Waals surface area contributed by atoms with Gasteiger partial charge in [0.25, 0.3) is 0 Å². The lowest BCUT2D eigenvalue weighted by Gasteiger charge is -2.20. The minimum absolute atomic E-state index is 0.147. The van der Waals surface area contributed by atoms with Crippen LogP contribution in [-0.2, 0) is 28.1 Å². The van der Waals surface area contributed by atoms with Crippen molar-refractivity contribution in [3.63, 3.8) is 0 Å². The van der Waals surface area contributed by atoms with Gasteiger partial charge in [-0.3, -0.25) is 9.48 Å². The second-order valence-corrected chi connectivity index (χ2v) is 7.20. The van der Waals surface area contributed by atoms with Gasteiger partial charge in [0.2, 0.25) is 0 Å². The molecule has 0 aliphatic carbocycles. The van der Waals surface area contributed by atoms with Crippen LogP contribution in [0.3, 0.4) is 0 Å². The van der Waals surface area contributed by atoms with Crippen LogP contribution in [0, 0.1) is 6.92 Å². The van der Waals surface area contributed by atoms with Gasteiger partial charge in [0.05, 0.1) is 11.4 Å². The van der Waals surface area contributed by atoms with E-state index in [9.17, 15) is 13.2 Å². The van der Waals surface area contributed by atoms with Crippen molar-refractivity contribution >= 4 is 15.6 Å². The molecule has 1 unspecified atom stereocenters. The molecule has 1 fully saturated rings. The van der Waals surface area contributed by atoms with E-state index in [1.54, 1.807) is 11.7 Å². The summed E-state index contributed by atoms with van der Waals surface area (Å²) < 4.78 is 25.4. The van der Waals surface area contributed by atoms with Crippen LogP contribution in [0.5, 0.6) is 0 Å². The van der Waals surface area contributed by atoms with Gasteiger partial charge in [-0.2, -0.15) is 5.10 Å². The van der Waals surface area contributed by atoms with Crippen molar-refractivity contribution < 1.29 is 13.2 Å². The number of aromatic nitrogens is 2. The van der Waals surface area contributed by atoms with Gasteiger partial charge in [-0.05, 0) is 25.8 Å². The van der Waals surface area contributed by atoms with Crippen molar-refractivity contribution in [3.05, 3.63) is 17.5 Å². The summed E-state index contributed by atoms with van der Waals surface area (Å²) in [5.74, 6) is -0.0499. The molecule has 1 saturated heterocycles. The summed E-state index contributed by atoms with van der Waals surface area (Å²) in [7, 11) is -1.46. The maximum absolute atomic E-state index is 12.1. The van der Waals surface area contributed by atoms with Crippen molar-refractivity contribution in [1.82, 2.24) is 9.78 Å². The molecule has 5 nitrogen and oxygen atoms in total. The number of nitrogens with zero attached hydrogens (tertiary/aromatic N) is 2. The highest BCUT2D eigenvalue weighted by Gasteiger charge is 2.34. The fourth-order valence-corrected chi connectivity index (χ4v) is 4.34. The zero-order chi connectivity index (χ0) is 13.3. The molecule has 2 heterocycles. The largest absolute Gasteiger partial charge is 0.298 e. The number of carbonyl (C=O) groups excluding carboxylic acids is 1. The normalized spacial score (nSPS) is 22.9. The van der Waals surface area contributed by atoms with E-state index in [2.05, 4.69) is 5.10 Å². The van der Waals surface area contributed by atoms with Gasteiger partial charge in [0.1, 0.15) is 5.25 Å². The Morgan fingerprint density at radius 2 is 2.22 bits per heavy atom. The van der Waals surface area contributed by atoms with Crippen molar-refractivity contribution in [2.45, 2.75) is 37.9 Å². The number of Topliss-reactive ketones (excluding diaryl/α,β-unsaturated/α-hetero) is 1. The van der Waals surface area contributed by atoms with Gasteiger partial charge < -0.3 is 0 Å². The number of sulfone groups is 1. The highest BCUT2D eigenvalue weighted by molar-refractivity contribution is 7.92. The fraction of sp³-hybridized carbons (Fsp3) is 0.667.